The second-order valence-corrected chi connectivity index (χ2v) is 7.66. The van der Waals surface area contributed by atoms with Gasteiger partial charge in [0.2, 0.25) is 0 Å². The molecule has 29 heavy (non-hydrogen) atoms. The van der Waals surface area contributed by atoms with E-state index in [4.69, 9.17) is 9.47 Å². The molecule has 0 spiro atoms. The SMILES string of the molecule is CCCCOc1ccc(C(=O)Oc2ccc(-c3nc4ccccc4s3)cc2)cc1. The molecule has 0 saturated carbocycles. The maximum absolute atomic E-state index is 12.4. The molecule has 146 valence electrons. The summed E-state index contributed by atoms with van der Waals surface area (Å²) in [4.78, 5) is 17.0. The van der Waals surface area contributed by atoms with Crippen LogP contribution in [-0.2, 0) is 0 Å². The van der Waals surface area contributed by atoms with Gasteiger partial charge in [-0.2, -0.15) is 0 Å². The van der Waals surface area contributed by atoms with Gasteiger partial charge in [0.25, 0.3) is 0 Å². The van der Waals surface area contributed by atoms with Gasteiger partial charge in [0, 0.05) is 5.56 Å². The third kappa shape index (κ3) is 4.63. The number of aromatic nitrogens is 1. The molecular weight excluding hydrogens is 382 g/mol. The van der Waals surface area contributed by atoms with Crippen molar-refractivity contribution in [3.8, 4) is 22.1 Å². The Bertz CT molecular complexity index is 1070. The Morgan fingerprint density at radius 2 is 1.66 bits per heavy atom. The van der Waals surface area contributed by atoms with Gasteiger partial charge < -0.3 is 9.47 Å². The molecule has 0 radical (unpaired) electrons. The lowest BCUT2D eigenvalue weighted by Crippen LogP contribution is -2.08. The fraction of sp³-hybridized carbons (Fsp3) is 0.167. The average Bonchev–Trinajstić information content (AvgIpc) is 3.19. The van der Waals surface area contributed by atoms with Crippen molar-refractivity contribution < 1.29 is 14.3 Å². The summed E-state index contributed by atoms with van der Waals surface area (Å²) in [5.41, 5.74) is 2.48. The number of unbranched alkanes of at least 4 members (excludes halogenated alkanes) is 1. The first-order valence-electron chi connectivity index (χ1n) is 9.64. The minimum Gasteiger partial charge on any atom is -0.494 e. The Morgan fingerprint density at radius 3 is 2.38 bits per heavy atom. The van der Waals surface area contributed by atoms with Crippen molar-refractivity contribution >= 4 is 27.5 Å². The maximum atomic E-state index is 12.4. The predicted molar refractivity (Wildman–Crippen MR) is 117 cm³/mol. The van der Waals surface area contributed by atoms with E-state index in [1.165, 1.54) is 0 Å². The second kappa shape index (κ2) is 8.88. The van der Waals surface area contributed by atoms with E-state index in [9.17, 15) is 4.79 Å². The molecule has 1 heterocycles. The van der Waals surface area contributed by atoms with E-state index < -0.39 is 5.97 Å². The molecule has 0 N–H and O–H groups in total. The smallest absolute Gasteiger partial charge is 0.343 e. The van der Waals surface area contributed by atoms with Crippen LogP contribution in [0.1, 0.15) is 30.1 Å². The summed E-state index contributed by atoms with van der Waals surface area (Å²) in [6.07, 6.45) is 2.10. The van der Waals surface area contributed by atoms with Gasteiger partial charge in [-0.3, -0.25) is 0 Å². The number of thiazole rings is 1. The van der Waals surface area contributed by atoms with Crippen LogP contribution in [0.25, 0.3) is 20.8 Å². The summed E-state index contributed by atoms with van der Waals surface area (Å²) in [5.74, 6) is 0.871. The van der Waals surface area contributed by atoms with E-state index in [1.54, 1.807) is 47.7 Å². The lowest BCUT2D eigenvalue weighted by Gasteiger charge is -2.07. The second-order valence-electron chi connectivity index (χ2n) is 6.63. The molecule has 1 aromatic heterocycles. The fourth-order valence-electron chi connectivity index (χ4n) is 2.85. The van der Waals surface area contributed by atoms with Crippen molar-refractivity contribution in [1.29, 1.82) is 0 Å². The molecule has 0 saturated heterocycles. The molecule has 0 fully saturated rings. The summed E-state index contributed by atoms with van der Waals surface area (Å²) in [5, 5.41) is 0.947. The highest BCUT2D eigenvalue weighted by atomic mass is 32.1. The highest BCUT2D eigenvalue weighted by Gasteiger charge is 2.10. The van der Waals surface area contributed by atoms with E-state index in [2.05, 4.69) is 18.0 Å². The van der Waals surface area contributed by atoms with Crippen LogP contribution >= 0.6 is 11.3 Å². The summed E-state index contributed by atoms with van der Waals surface area (Å²) in [6.45, 7) is 2.80. The van der Waals surface area contributed by atoms with Crippen molar-refractivity contribution in [1.82, 2.24) is 4.98 Å². The van der Waals surface area contributed by atoms with Crippen LogP contribution in [0.15, 0.2) is 72.8 Å². The first kappa shape index (κ1) is 19.2. The Morgan fingerprint density at radius 1 is 0.931 bits per heavy atom. The molecule has 5 heteroatoms. The summed E-state index contributed by atoms with van der Waals surface area (Å²) >= 11 is 1.64. The number of rotatable bonds is 7. The number of benzene rings is 3. The number of hydrogen-bond acceptors (Lipinski definition) is 5. The Labute approximate surface area is 173 Å². The molecular formula is C24H21NO3S. The lowest BCUT2D eigenvalue weighted by molar-refractivity contribution is 0.0734. The van der Waals surface area contributed by atoms with Gasteiger partial charge in [-0.05, 0) is 67.1 Å². The van der Waals surface area contributed by atoms with Crippen LogP contribution in [0.5, 0.6) is 11.5 Å². The predicted octanol–water partition coefficient (Wildman–Crippen LogP) is 6.36. The Balaban J connectivity index is 1.41. The summed E-state index contributed by atoms with van der Waals surface area (Å²) in [7, 11) is 0. The summed E-state index contributed by atoms with van der Waals surface area (Å²) in [6, 6.07) is 22.5. The number of ether oxygens (including phenoxy) is 2. The molecule has 4 rings (SSSR count). The van der Waals surface area contributed by atoms with Crippen LogP contribution in [0.3, 0.4) is 0 Å². The largest absolute Gasteiger partial charge is 0.494 e. The van der Waals surface area contributed by atoms with Gasteiger partial charge in [0.15, 0.2) is 0 Å². The van der Waals surface area contributed by atoms with Crippen LogP contribution in [0, 0.1) is 0 Å². The van der Waals surface area contributed by atoms with Gasteiger partial charge in [-0.1, -0.05) is 25.5 Å². The quantitative estimate of drug-likeness (QED) is 0.205. The van der Waals surface area contributed by atoms with Gasteiger partial charge in [-0.15, -0.1) is 11.3 Å². The first-order valence-corrected chi connectivity index (χ1v) is 10.5. The fourth-order valence-corrected chi connectivity index (χ4v) is 3.82. The van der Waals surface area contributed by atoms with Gasteiger partial charge in [0.1, 0.15) is 16.5 Å². The van der Waals surface area contributed by atoms with E-state index in [-0.39, 0.29) is 0 Å². The van der Waals surface area contributed by atoms with E-state index in [0.29, 0.717) is 17.9 Å². The topological polar surface area (TPSA) is 48.4 Å². The number of fused-ring (bicyclic) bond motifs is 1. The monoisotopic (exact) mass is 403 g/mol. The van der Waals surface area contributed by atoms with Crippen molar-refractivity contribution in [2.24, 2.45) is 0 Å². The van der Waals surface area contributed by atoms with E-state index in [1.807, 2.05) is 30.3 Å². The third-order valence-electron chi connectivity index (χ3n) is 4.46. The number of hydrogen-bond donors (Lipinski definition) is 0. The standard InChI is InChI=1S/C24H21NO3S/c1-2-3-16-27-19-12-10-18(11-13-19)24(26)28-20-14-8-17(9-15-20)23-25-21-6-4-5-7-22(21)29-23/h4-15H,2-3,16H2,1H3. The third-order valence-corrected chi connectivity index (χ3v) is 5.55. The average molecular weight is 404 g/mol. The van der Waals surface area contributed by atoms with Crippen molar-refractivity contribution in [3.63, 3.8) is 0 Å². The number of carbonyl (C=O) groups excluding carboxylic acids is 1. The van der Waals surface area contributed by atoms with Crippen LogP contribution in [-0.4, -0.2) is 17.6 Å². The van der Waals surface area contributed by atoms with Crippen LogP contribution in [0.4, 0.5) is 0 Å². The number of esters is 1. The summed E-state index contributed by atoms with van der Waals surface area (Å²) < 4.78 is 12.3. The van der Waals surface area contributed by atoms with Crippen LogP contribution in [0.2, 0.25) is 0 Å². The maximum Gasteiger partial charge on any atom is 0.343 e. The molecule has 0 amide bonds. The molecule has 0 aliphatic rings. The first-order chi connectivity index (χ1) is 14.2. The zero-order valence-corrected chi connectivity index (χ0v) is 16.9. The molecule has 3 aromatic carbocycles. The minimum atomic E-state index is -0.391. The molecule has 0 aliphatic heterocycles. The van der Waals surface area contributed by atoms with Crippen molar-refractivity contribution in [3.05, 3.63) is 78.4 Å². The highest BCUT2D eigenvalue weighted by Crippen LogP contribution is 2.31. The highest BCUT2D eigenvalue weighted by molar-refractivity contribution is 7.21. The molecule has 4 aromatic rings. The molecule has 4 nitrogen and oxygen atoms in total. The van der Waals surface area contributed by atoms with E-state index in [0.717, 1.165) is 39.4 Å². The molecule has 0 bridgehead atoms. The zero-order valence-electron chi connectivity index (χ0n) is 16.1. The number of para-hydroxylation sites is 1. The molecule has 0 aliphatic carbocycles. The lowest BCUT2D eigenvalue weighted by atomic mass is 10.2. The minimum absolute atomic E-state index is 0.391. The van der Waals surface area contributed by atoms with E-state index >= 15 is 0 Å². The number of carbonyl (C=O) groups is 1. The number of nitrogens with zero attached hydrogens (tertiary/aromatic N) is 1. The zero-order chi connectivity index (χ0) is 20.1. The van der Waals surface area contributed by atoms with Gasteiger partial charge in [0.05, 0.1) is 22.4 Å². The van der Waals surface area contributed by atoms with Crippen molar-refractivity contribution in [2.45, 2.75) is 19.8 Å². The Kier molecular flexibility index (Phi) is 5.86. The Hall–Kier alpha value is -3.18. The molecule has 0 atom stereocenters. The van der Waals surface area contributed by atoms with Gasteiger partial charge in [-0.25, -0.2) is 9.78 Å². The normalized spacial score (nSPS) is 10.8. The van der Waals surface area contributed by atoms with Crippen molar-refractivity contribution in [2.75, 3.05) is 6.61 Å². The van der Waals surface area contributed by atoms with Gasteiger partial charge >= 0.3 is 5.97 Å². The molecule has 0 unspecified atom stereocenters. The van der Waals surface area contributed by atoms with Crippen LogP contribution < -0.4 is 9.47 Å².